The van der Waals surface area contributed by atoms with Crippen LogP contribution in [0.25, 0.3) is 10.8 Å². The predicted octanol–water partition coefficient (Wildman–Crippen LogP) is 2.53. The van der Waals surface area contributed by atoms with Gasteiger partial charge in [-0.3, -0.25) is 0 Å². The summed E-state index contributed by atoms with van der Waals surface area (Å²) < 4.78 is 0. The minimum atomic E-state index is 0.863. The van der Waals surface area contributed by atoms with Crippen LogP contribution in [0.1, 0.15) is 5.56 Å². The molecule has 2 aromatic carbocycles. The highest BCUT2D eigenvalue weighted by molar-refractivity contribution is 5.82. The molecule has 0 aromatic heterocycles. The van der Waals surface area contributed by atoms with Crippen LogP contribution in [0.3, 0.4) is 0 Å². The molecule has 0 bridgehead atoms. The third-order valence-electron chi connectivity index (χ3n) is 4.03. The second-order valence-electron chi connectivity index (χ2n) is 5.72. The highest BCUT2D eigenvalue weighted by Crippen LogP contribution is 2.16. The summed E-state index contributed by atoms with van der Waals surface area (Å²) in [4.78, 5) is 2.46. The second kappa shape index (κ2) is 5.72. The molecule has 1 fully saturated rings. The van der Waals surface area contributed by atoms with Crippen molar-refractivity contribution in [1.82, 2.24) is 10.2 Å². The Bertz CT molecular complexity index is 546. The van der Waals surface area contributed by atoms with Crippen LogP contribution in [0, 0.1) is 5.92 Å². The fraction of sp³-hybridized carbons (Fsp3) is 0.412. The quantitative estimate of drug-likeness (QED) is 0.882. The molecule has 1 aliphatic rings. The predicted molar refractivity (Wildman–Crippen MR) is 81.5 cm³/mol. The van der Waals surface area contributed by atoms with Crippen molar-refractivity contribution in [2.45, 2.75) is 6.42 Å². The number of benzene rings is 2. The van der Waals surface area contributed by atoms with E-state index in [-0.39, 0.29) is 0 Å². The molecule has 0 amide bonds. The van der Waals surface area contributed by atoms with Gasteiger partial charge in [-0.25, -0.2) is 0 Å². The molecule has 2 heteroatoms. The monoisotopic (exact) mass is 254 g/mol. The summed E-state index contributed by atoms with van der Waals surface area (Å²) in [6.07, 6.45) is 1.14. The lowest BCUT2D eigenvalue weighted by Gasteiger charge is -2.31. The number of hydrogen-bond donors (Lipinski definition) is 1. The molecule has 0 radical (unpaired) electrons. The van der Waals surface area contributed by atoms with E-state index in [2.05, 4.69) is 59.7 Å². The van der Waals surface area contributed by atoms with Crippen LogP contribution < -0.4 is 5.32 Å². The standard InChI is InChI=1S/C17H22N2/c1-19(13-15-11-18-12-15)9-8-14-6-7-16-4-2-3-5-17(16)10-14/h2-7,10,15,18H,8-9,11-13H2,1H3. The lowest BCUT2D eigenvalue weighted by Crippen LogP contribution is -2.47. The molecule has 1 aliphatic heterocycles. The molecule has 19 heavy (non-hydrogen) atoms. The van der Waals surface area contributed by atoms with Gasteiger partial charge in [0.25, 0.3) is 0 Å². The summed E-state index contributed by atoms with van der Waals surface area (Å²) in [6, 6.07) is 15.4. The molecular formula is C17H22N2. The van der Waals surface area contributed by atoms with Gasteiger partial charge in [0.2, 0.25) is 0 Å². The average Bonchev–Trinajstić information content (AvgIpc) is 2.40. The first-order valence-corrected chi connectivity index (χ1v) is 7.18. The second-order valence-corrected chi connectivity index (χ2v) is 5.72. The normalized spacial score (nSPS) is 15.9. The van der Waals surface area contributed by atoms with E-state index in [0.717, 1.165) is 18.9 Å². The Kier molecular flexibility index (Phi) is 3.81. The molecule has 0 atom stereocenters. The highest BCUT2D eigenvalue weighted by atomic mass is 15.1. The zero-order chi connectivity index (χ0) is 13.1. The molecule has 1 saturated heterocycles. The summed E-state index contributed by atoms with van der Waals surface area (Å²) in [5.74, 6) is 0.863. The first-order valence-electron chi connectivity index (χ1n) is 7.18. The zero-order valence-electron chi connectivity index (χ0n) is 11.6. The fourth-order valence-electron chi connectivity index (χ4n) is 2.72. The maximum absolute atomic E-state index is 3.33. The van der Waals surface area contributed by atoms with Crippen LogP contribution in [-0.2, 0) is 6.42 Å². The van der Waals surface area contributed by atoms with Crippen LogP contribution in [0.15, 0.2) is 42.5 Å². The smallest absolute Gasteiger partial charge is 0.00311 e. The van der Waals surface area contributed by atoms with E-state index >= 15 is 0 Å². The van der Waals surface area contributed by atoms with Crippen molar-refractivity contribution >= 4 is 10.8 Å². The molecule has 0 spiro atoms. The highest BCUT2D eigenvalue weighted by Gasteiger charge is 2.17. The Hall–Kier alpha value is -1.38. The van der Waals surface area contributed by atoms with Crippen LogP contribution in [0.2, 0.25) is 0 Å². The maximum atomic E-state index is 3.33. The first-order chi connectivity index (χ1) is 9.31. The Morgan fingerprint density at radius 2 is 1.89 bits per heavy atom. The van der Waals surface area contributed by atoms with Crippen molar-refractivity contribution < 1.29 is 0 Å². The Balaban J connectivity index is 1.58. The average molecular weight is 254 g/mol. The molecule has 1 heterocycles. The van der Waals surface area contributed by atoms with Crippen molar-refractivity contribution in [3.63, 3.8) is 0 Å². The van der Waals surface area contributed by atoms with E-state index < -0.39 is 0 Å². The number of likely N-dealkylation sites (N-methyl/N-ethyl adjacent to an activating group) is 1. The summed E-state index contributed by atoms with van der Waals surface area (Å²) in [6.45, 7) is 4.76. The largest absolute Gasteiger partial charge is 0.316 e. The number of nitrogens with zero attached hydrogens (tertiary/aromatic N) is 1. The summed E-state index contributed by atoms with van der Waals surface area (Å²) in [5.41, 5.74) is 1.44. The van der Waals surface area contributed by atoms with E-state index in [9.17, 15) is 0 Å². The molecule has 0 aliphatic carbocycles. The van der Waals surface area contributed by atoms with Crippen LogP contribution in [-0.4, -0.2) is 38.1 Å². The molecule has 100 valence electrons. The Morgan fingerprint density at radius 1 is 1.11 bits per heavy atom. The lowest BCUT2D eigenvalue weighted by molar-refractivity contribution is 0.226. The molecule has 2 aromatic rings. The SMILES string of the molecule is CN(CCc1ccc2ccccc2c1)CC1CNC1. The van der Waals surface area contributed by atoms with Gasteiger partial charge < -0.3 is 10.2 Å². The fourth-order valence-corrected chi connectivity index (χ4v) is 2.72. The van der Waals surface area contributed by atoms with Gasteiger partial charge in [-0.1, -0.05) is 42.5 Å². The number of rotatable bonds is 5. The molecule has 0 saturated carbocycles. The van der Waals surface area contributed by atoms with E-state index in [1.807, 2.05) is 0 Å². The van der Waals surface area contributed by atoms with Gasteiger partial charge in [0.05, 0.1) is 0 Å². The summed E-state index contributed by atoms with van der Waals surface area (Å²) in [5, 5.41) is 6.02. The third-order valence-corrected chi connectivity index (χ3v) is 4.03. The van der Waals surface area contributed by atoms with Gasteiger partial charge in [-0.2, -0.15) is 0 Å². The van der Waals surface area contributed by atoms with Gasteiger partial charge in [0.1, 0.15) is 0 Å². The number of fused-ring (bicyclic) bond motifs is 1. The summed E-state index contributed by atoms with van der Waals surface area (Å²) >= 11 is 0. The van der Waals surface area contributed by atoms with Gasteiger partial charge in [-0.15, -0.1) is 0 Å². The maximum Gasteiger partial charge on any atom is 0.00311 e. The van der Waals surface area contributed by atoms with Crippen molar-refractivity contribution in [1.29, 1.82) is 0 Å². The van der Waals surface area contributed by atoms with Gasteiger partial charge in [0, 0.05) is 26.2 Å². The van der Waals surface area contributed by atoms with E-state index in [1.165, 1.54) is 36.0 Å². The van der Waals surface area contributed by atoms with E-state index in [4.69, 9.17) is 0 Å². The first kappa shape index (κ1) is 12.6. The minimum absolute atomic E-state index is 0.863. The number of nitrogens with one attached hydrogen (secondary N) is 1. The van der Waals surface area contributed by atoms with E-state index in [0.29, 0.717) is 0 Å². The van der Waals surface area contributed by atoms with Crippen molar-refractivity contribution in [3.8, 4) is 0 Å². The van der Waals surface area contributed by atoms with Gasteiger partial charge in [0.15, 0.2) is 0 Å². The minimum Gasteiger partial charge on any atom is -0.316 e. The van der Waals surface area contributed by atoms with Crippen LogP contribution >= 0.6 is 0 Å². The van der Waals surface area contributed by atoms with Gasteiger partial charge >= 0.3 is 0 Å². The van der Waals surface area contributed by atoms with E-state index in [1.54, 1.807) is 0 Å². The van der Waals surface area contributed by atoms with Crippen LogP contribution in [0.4, 0.5) is 0 Å². The third kappa shape index (κ3) is 3.14. The Morgan fingerprint density at radius 3 is 2.63 bits per heavy atom. The topological polar surface area (TPSA) is 15.3 Å². The molecule has 1 N–H and O–H groups in total. The lowest BCUT2D eigenvalue weighted by atomic mass is 10.0. The summed E-state index contributed by atoms with van der Waals surface area (Å²) in [7, 11) is 2.24. The van der Waals surface area contributed by atoms with Gasteiger partial charge in [-0.05, 0) is 35.7 Å². The van der Waals surface area contributed by atoms with Crippen molar-refractivity contribution in [3.05, 3.63) is 48.0 Å². The molecule has 3 rings (SSSR count). The van der Waals surface area contributed by atoms with Crippen molar-refractivity contribution in [2.24, 2.45) is 5.92 Å². The van der Waals surface area contributed by atoms with Crippen LogP contribution in [0.5, 0.6) is 0 Å². The zero-order valence-corrected chi connectivity index (χ0v) is 11.6. The molecule has 2 nitrogen and oxygen atoms in total. The Labute approximate surface area is 115 Å². The van der Waals surface area contributed by atoms with Crippen molar-refractivity contribution in [2.75, 3.05) is 33.2 Å². The number of hydrogen-bond acceptors (Lipinski definition) is 2. The molecular weight excluding hydrogens is 232 g/mol. The molecule has 0 unspecified atom stereocenters.